The molecule has 0 fully saturated rings. The van der Waals surface area contributed by atoms with Gasteiger partial charge >= 0.3 is 0 Å². The Bertz CT molecular complexity index is 398. The first-order valence-corrected chi connectivity index (χ1v) is 5.12. The number of aryl methyl sites for hydroxylation is 1. The van der Waals surface area contributed by atoms with Crippen molar-refractivity contribution in [3.8, 4) is 11.5 Å². The summed E-state index contributed by atoms with van der Waals surface area (Å²) in [4.78, 5) is 12.5. The van der Waals surface area contributed by atoms with Crippen molar-refractivity contribution in [3.05, 3.63) is 12.7 Å². The standard InChI is InChI=1S/C9H12N4S/c1-2-3-4-13-6-12-9(14)7-8(13)11-5-10-7/h5-6,14H,2-4H2,1H3. The van der Waals surface area contributed by atoms with Crippen molar-refractivity contribution in [3.63, 3.8) is 0 Å². The van der Waals surface area contributed by atoms with Crippen LogP contribution in [0.1, 0.15) is 19.8 Å². The van der Waals surface area contributed by atoms with Crippen LogP contribution in [0.15, 0.2) is 17.7 Å². The predicted molar refractivity (Wildman–Crippen MR) is 56.6 cm³/mol. The van der Waals surface area contributed by atoms with Gasteiger partial charge in [0.2, 0.25) is 0 Å². The van der Waals surface area contributed by atoms with Crippen molar-refractivity contribution < 1.29 is 0 Å². The fourth-order valence-corrected chi connectivity index (χ4v) is 1.57. The highest BCUT2D eigenvalue weighted by atomic mass is 32.1. The summed E-state index contributed by atoms with van der Waals surface area (Å²) >= 11 is 4.23. The molecule has 14 heavy (non-hydrogen) atoms. The highest BCUT2D eigenvalue weighted by molar-refractivity contribution is 7.80. The molecule has 2 aliphatic heterocycles. The van der Waals surface area contributed by atoms with E-state index in [4.69, 9.17) is 0 Å². The van der Waals surface area contributed by atoms with Crippen LogP contribution >= 0.6 is 12.6 Å². The van der Waals surface area contributed by atoms with Crippen molar-refractivity contribution in [2.45, 2.75) is 31.3 Å². The summed E-state index contributed by atoms with van der Waals surface area (Å²) in [6, 6.07) is 0. The van der Waals surface area contributed by atoms with Gasteiger partial charge in [-0.05, 0) is 6.42 Å². The van der Waals surface area contributed by atoms with Gasteiger partial charge in [0.15, 0.2) is 5.82 Å². The predicted octanol–water partition coefficient (Wildman–Crippen LogP) is 1.87. The van der Waals surface area contributed by atoms with Crippen molar-refractivity contribution >= 4 is 12.6 Å². The molecule has 0 aliphatic carbocycles. The monoisotopic (exact) mass is 208 g/mol. The van der Waals surface area contributed by atoms with Crippen LogP contribution in [0.3, 0.4) is 0 Å². The fourth-order valence-electron chi connectivity index (χ4n) is 1.36. The smallest absolute Gasteiger partial charge is 0.164 e. The normalized spacial score (nSPS) is 11.0. The van der Waals surface area contributed by atoms with E-state index in [0.717, 1.165) is 30.9 Å². The number of nitrogens with zero attached hydrogens (tertiary/aromatic N) is 4. The van der Waals surface area contributed by atoms with Gasteiger partial charge in [-0.3, -0.25) is 0 Å². The van der Waals surface area contributed by atoms with E-state index in [9.17, 15) is 0 Å². The molecule has 4 nitrogen and oxygen atoms in total. The van der Waals surface area contributed by atoms with Crippen molar-refractivity contribution in [1.29, 1.82) is 0 Å². The van der Waals surface area contributed by atoms with Crippen LogP contribution in [-0.2, 0) is 6.54 Å². The van der Waals surface area contributed by atoms with E-state index in [1.807, 2.05) is 4.57 Å². The zero-order valence-corrected chi connectivity index (χ0v) is 8.91. The van der Waals surface area contributed by atoms with Crippen LogP contribution in [0, 0.1) is 0 Å². The maximum Gasteiger partial charge on any atom is 0.164 e. The van der Waals surface area contributed by atoms with Gasteiger partial charge in [0, 0.05) is 6.54 Å². The van der Waals surface area contributed by atoms with E-state index >= 15 is 0 Å². The third-order valence-electron chi connectivity index (χ3n) is 2.13. The number of hydrogen-bond donors (Lipinski definition) is 1. The lowest BCUT2D eigenvalue weighted by Crippen LogP contribution is -2.06. The number of hydrogen-bond acceptors (Lipinski definition) is 4. The lowest BCUT2D eigenvalue weighted by Gasteiger charge is -2.09. The Morgan fingerprint density at radius 1 is 1.36 bits per heavy atom. The summed E-state index contributed by atoms with van der Waals surface area (Å²) in [7, 11) is 0. The molecule has 0 saturated carbocycles. The molecular weight excluding hydrogens is 196 g/mol. The molecule has 0 amide bonds. The van der Waals surface area contributed by atoms with Gasteiger partial charge in [-0.15, -0.1) is 12.6 Å². The Morgan fingerprint density at radius 3 is 3.00 bits per heavy atom. The lowest BCUT2D eigenvalue weighted by atomic mass is 10.3. The average Bonchev–Trinajstić information content (AvgIpc) is 2.66. The molecule has 0 radical (unpaired) electrons. The second-order valence-electron chi connectivity index (χ2n) is 3.16. The summed E-state index contributed by atoms with van der Waals surface area (Å²) in [5.41, 5.74) is 0.784. The molecule has 0 aromatic heterocycles. The van der Waals surface area contributed by atoms with E-state index in [2.05, 4.69) is 34.5 Å². The molecule has 0 atom stereocenters. The first-order valence-electron chi connectivity index (χ1n) is 4.67. The second kappa shape index (κ2) is 3.96. The molecule has 0 aromatic carbocycles. The van der Waals surface area contributed by atoms with E-state index < -0.39 is 0 Å². The minimum atomic E-state index is 0.644. The number of unbranched alkanes of at least 4 members (excludes halogenated alkanes) is 1. The highest BCUT2D eigenvalue weighted by Gasteiger charge is 2.13. The molecule has 2 heterocycles. The van der Waals surface area contributed by atoms with Crippen molar-refractivity contribution in [1.82, 2.24) is 19.5 Å². The second-order valence-corrected chi connectivity index (χ2v) is 3.58. The summed E-state index contributed by atoms with van der Waals surface area (Å²) < 4.78 is 2.02. The van der Waals surface area contributed by atoms with E-state index in [0.29, 0.717) is 5.03 Å². The molecule has 2 aliphatic rings. The van der Waals surface area contributed by atoms with Crippen LogP contribution in [0.4, 0.5) is 0 Å². The molecule has 5 heteroatoms. The van der Waals surface area contributed by atoms with Crippen LogP contribution in [0.25, 0.3) is 11.5 Å². The van der Waals surface area contributed by atoms with Gasteiger partial charge in [-0.1, -0.05) is 13.3 Å². The maximum atomic E-state index is 4.23. The zero-order valence-electron chi connectivity index (χ0n) is 8.01. The summed E-state index contributed by atoms with van der Waals surface area (Å²) in [6.45, 7) is 3.10. The van der Waals surface area contributed by atoms with Gasteiger partial charge in [0.1, 0.15) is 17.0 Å². The molecule has 0 spiro atoms. The SMILES string of the molecule is CCCCn1cnc(S)c2ncnc1-2. The summed E-state index contributed by atoms with van der Waals surface area (Å²) in [6.07, 6.45) is 5.61. The van der Waals surface area contributed by atoms with Crippen LogP contribution in [0.5, 0.6) is 0 Å². The van der Waals surface area contributed by atoms with Gasteiger partial charge in [-0.25, -0.2) is 15.0 Å². The van der Waals surface area contributed by atoms with Gasteiger partial charge in [0.25, 0.3) is 0 Å². The maximum absolute atomic E-state index is 4.23. The first kappa shape index (κ1) is 9.45. The van der Waals surface area contributed by atoms with E-state index in [-0.39, 0.29) is 0 Å². The van der Waals surface area contributed by atoms with Crippen molar-refractivity contribution in [2.75, 3.05) is 0 Å². The molecule has 0 unspecified atom stereocenters. The molecule has 0 aromatic rings. The average molecular weight is 208 g/mol. The topological polar surface area (TPSA) is 43.6 Å². The van der Waals surface area contributed by atoms with Gasteiger partial charge in [-0.2, -0.15) is 0 Å². The number of rotatable bonds is 3. The minimum Gasteiger partial charge on any atom is -0.315 e. The minimum absolute atomic E-state index is 0.644. The summed E-state index contributed by atoms with van der Waals surface area (Å²) in [5.74, 6) is 0.874. The summed E-state index contributed by atoms with van der Waals surface area (Å²) in [5, 5.41) is 0.644. The Hall–Kier alpha value is -1.10. The third kappa shape index (κ3) is 1.59. The molecule has 0 N–H and O–H groups in total. The quantitative estimate of drug-likeness (QED) is 0.618. The number of aromatic nitrogens is 4. The Labute approximate surface area is 88.2 Å². The van der Waals surface area contributed by atoms with Crippen molar-refractivity contribution in [2.24, 2.45) is 0 Å². The van der Waals surface area contributed by atoms with Gasteiger partial charge in [0.05, 0.1) is 6.33 Å². The molecule has 0 bridgehead atoms. The number of fused-ring (bicyclic) bond motifs is 1. The largest absolute Gasteiger partial charge is 0.315 e. The molecule has 2 rings (SSSR count). The Balaban J connectivity index is 2.37. The zero-order chi connectivity index (χ0) is 9.97. The Kier molecular flexibility index (Phi) is 2.67. The number of thiol groups is 1. The third-order valence-corrected chi connectivity index (χ3v) is 2.46. The first-order chi connectivity index (χ1) is 6.83. The number of imidazole rings is 1. The molecule has 0 saturated heterocycles. The molecular formula is C9H12N4S. The van der Waals surface area contributed by atoms with Crippen LogP contribution in [0.2, 0.25) is 0 Å². The van der Waals surface area contributed by atoms with E-state index in [1.165, 1.54) is 0 Å². The lowest BCUT2D eigenvalue weighted by molar-refractivity contribution is 0.612. The van der Waals surface area contributed by atoms with E-state index in [1.54, 1.807) is 12.7 Å². The Morgan fingerprint density at radius 2 is 2.21 bits per heavy atom. The highest BCUT2D eigenvalue weighted by Crippen LogP contribution is 2.22. The van der Waals surface area contributed by atoms with Gasteiger partial charge < -0.3 is 4.57 Å². The fraction of sp³-hybridized carbons (Fsp3) is 0.444. The molecule has 74 valence electrons. The van der Waals surface area contributed by atoms with Crippen LogP contribution < -0.4 is 0 Å². The van der Waals surface area contributed by atoms with Crippen LogP contribution in [-0.4, -0.2) is 19.5 Å².